The van der Waals surface area contributed by atoms with Crippen molar-refractivity contribution in [3.63, 3.8) is 0 Å². The van der Waals surface area contributed by atoms with Crippen LogP contribution in [0.2, 0.25) is 0 Å². The molecule has 1 atom stereocenters. The van der Waals surface area contributed by atoms with Crippen LogP contribution in [0.1, 0.15) is 10.5 Å². The average molecular weight is 301 g/mol. The number of fused-ring (bicyclic) bond motifs is 1. The Balaban J connectivity index is 1.84. The Kier molecular flexibility index (Phi) is 3.81. The molecule has 2 N–H and O–H groups in total. The largest absolute Gasteiger partial charge is 0.391 e. The SMILES string of the molecule is NC(=S)C1CN(C(=O)c2ccc3ccccc3n2)CCO1. The molecule has 0 bridgehead atoms. The second-order valence-corrected chi connectivity index (χ2v) is 5.37. The molecule has 1 aliphatic rings. The van der Waals surface area contributed by atoms with E-state index >= 15 is 0 Å². The number of benzene rings is 1. The van der Waals surface area contributed by atoms with Crippen LogP contribution in [-0.2, 0) is 4.74 Å². The number of hydrogen-bond donors (Lipinski definition) is 1. The summed E-state index contributed by atoms with van der Waals surface area (Å²) in [4.78, 5) is 18.9. The van der Waals surface area contributed by atoms with E-state index in [4.69, 9.17) is 22.7 Å². The second-order valence-electron chi connectivity index (χ2n) is 4.90. The molecule has 1 saturated heterocycles. The number of nitrogens with zero attached hydrogens (tertiary/aromatic N) is 2. The minimum atomic E-state index is -0.377. The van der Waals surface area contributed by atoms with Crippen LogP contribution in [0, 0.1) is 0 Å². The molecule has 1 unspecified atom stereocenters. The lowest BCUT2D eigenvalue weighted by Crippen LogP contribution is -2.50. The first-order chi connectivity index (χ1) is 10.1. The highest BCUT2D eigenvalue weighted by Crippen LogP contribution is 2.15. The van der Waals surface area contributed by atoms with E-state index in [0.717, 1.165) is 10.9 Å². The molecular weight excluding hydrogens is 286 g/mol. The standard InChI is InChI=1S/C15H15N3O2S/c16-14(21)13-9-18(7-8-20-13)15(19)12-6-5-10-3-1-2-4-11(10)17-12/h1-6,13H,7-9H2,(H2,16,21). The van der Waals surface area contributed by atoms with E-state index in [-0.39, 0.29) is 17.0 Å². The third kappa shape index (κ3) is 2.86. The van der Waals surface area contributed by atoms with Gasteiger partial charge in [0.25, 0.3) is 5.91 Å². The number of nitrogens with two attached hydrogens (primary N) is 1. The summed E-state index contributed by atoms with van der Waals surface area (Å²) >= 11 is 4.93. The third-order valence-electron chi connectivity index (χ3n) is 3.49. The van der Waals surface area contributed by atoms with Crippen molar-refractivity contribution in [2.75, 3.05) is 19.7 Å². The minimum absolute atomic E-state index is 0.120. The number of carbonyl (C=O) groups is 1. The van der Waals surface area contributed by atoms with Gasteiger partial charge in [-0.15, -0.1) is 0 Å². The number of aromatic nitrogens is 1. The monoisotopic (exact) mass is 301 g/mol. The fourth-order valence-electron chi connectivity index (χ4n) is 2.35. The first-order valence-electron chi connectivity index (χ1n) is 6.71. The van der Waals surface area contributed by atoms with Crippen molar-refractivity contribution in [2.45, 2.75) is 6.10 Å². The van der Waals surface area contributed by atoms with Crippen LogP contribution in [0.3, 0.4) is 0 Å². The summed E-state index contributed by atoms with van der Waals surface area (Å²) in [5.41, 5.74) is 6.83. The molecule has 1 aliphatic heterocycles. The summed E-state index contributed by atoms with van der Waals surface area (Å²) in [6, 6.07) is 11.4. The van der Waals surface area contributed by atoms with E-state index < -0.39 is 0 Å². The maximum atomic E-state index is 12.5. The zero-order valence-electron chi connectivity index (χ0n) is 11.4. The molecule has 0 spiro atoms. The van der Waals surface area contributed by atoms with E-state index in [9.17, 15) is 4.79 Å². The molecule has 3 rings (SSSR count). The predicted molar refractivity (Wildman–Crippen MR) is 84.2 cm³/mol. The molecule has 0 saturated carbocycles. The Morgan fingerprint density at radius 3 is 2.95 bits per heavy atom. The van der Waals surface area contributed by atoms with Crippen LogP contribution < -0.4 is 5.73 Å². The van der Waals surface area contributed by atoms with Crippen LogP contribution in [0.4, 0.5) is 0 Å². The predicted octanol–water partition coefficient (Wildman–Crippen LogP) is 1.36. The Bertz CT molecular complexity index is 704. The van der Waals surface area contributed by atoms with Crippen molar-refractivity contribution < 1.29 is 9.53 Å². The Labute approximate surface area is 127 Å². The van der Waals surface area contributed by atoms with E-state index in [0.29, 0.717) is 25.4 Å². The first kappa shape index (κ1) is 13.9. The van der Waals surface area contributed by atoms with Crippen molar-refractivity contribution in [1.29, 1.82) is 0 Å². The van der Waals surface area contributed by atoms with Gasteiger partial charge in [0.15, 0.2) is 0 Å². The smallest absolute Gasteiger partial charge is 0.272 e. The Hall–Kier alpha value is -2.05. The van der Waals surface area contributed by atoms with Gasteiger partial charge < -0.3 is 15.4 Å². The van der Waals surface area contributed by atoms with Gasteiger partial charge in [-0.25, -0.2) is 4.98 Å². The highest BCUT2D eigenvalue weighted by atomic mass is 32.1. The summed E-state index contributed by atoms with van der Waals surface area (Å²) in [6.07, 6.45) is -0.377. The quantitative estimate of drug-likeness (QED) is 0.848. The van der Waals surface area contributed by atoms with Gasteiger partial charge in [0.1, 0.15) is 16.8 Å². The number of para-hydroxylation sites is 1. The van der Waals surface area contributed by atoms with Gasteiger partial charge >= 0.3 is 0 Å². The number of rotatable bonds is 2. The Morgan fingerprint density at radius 1 is 1.33 bits per heavy atom. The summed E-state index contributed by atoms with van der Waals surface area (Å²) in [6.45, 7) is 1.33. The average Bonchev–Trinajstić information content (AvgIpc) is 2.53. The van der Waals surface area contributed by atoms with Crippen molar-refractivity contribution in [3.8, 4) is 0 Å². The summed E-state index contributed by atoms with van der Waals surface area (Å²) < 4.78 is 5.45. The normalized spacial score (nSPS) is 18.7. The molecule has 1 amide bonds. The molecule has 21 heavy (non-hydrogen) atoms. The van der Waals surface area contributed by atoms with Crippen molar-refractivity contribution >= 4 is 34.0 Å². The van der Waals surface area contributed by atoms with Crippen LogP contribution in [0.5, 0.6) is 0 Å². The van der Waals surface area contributed by atoms with Gasteiger partial charge in [-0.2, -0.15) is 0 Å². The topological polar surface area (TPSA) is 68.5 Å². The fourth-order valence-corrected chi connectivity index (χ4v) is 2.50. The van der Waals surface area contributed by atoms with Crippen molar-refractivity contribution in [3.05, 3.63) is 42.1 Å². The van der Waals surface area contributed by atoms with Gasteiger partial charge in [-0.1, -0.05) is 36.5 Å². The van der Waals surface area contributed by atoms with Crippen molar-refractivity contribution in [2.24, 2.45) is 5.73 Å². The molecule has 6 heteroatoms. The molecule has 1 aromatic heterocycles. The maximum Gasteiger partial charge on any atom is 0.272 e. The Morgan fingerprint density at radius 2 is 2.14 bits per heavy atom. The van der Waals surface area contributed by atoms with E-state index in [2.05, 4.69) is 4.98 Å². The lowest BCUT2D eigenvalue weighted by molar-refractivity contribution is 0.00852. The highest BCUT2D eigenvalue weighted by molar-refractivity contribution is 7.80. The van der Waals surface area contributed by atoms with Crippen LogP contribution in [0.15, 0.2) is 36.4 Å². The summed E-state index contributed by atoms with van der Waals surface area (Å²) in [5, 5.41) is 1.01. The number of amides is 1. The van der Waals surface area contributed by atoms with Gasteiger partial charge in [0.2, 0.25) is 0 Å². The fraction of sp³-hybridized carbons (Fsp3) is 0.267. The third-order valence-corrected chi connectivity index (χ3v) is 3.75. The molecule has 1 fully saturated rings. The number of pyridine rings is 1. The number of carbonyl (C=O) groups excluding carboxylic acids is 1. The number of ether oxygens (including phenoxy) is 1. The van der Waals surface area contributed by atoms with Gasteiger partial charge in [-0.05, 0) is 12.1 Å². The van der Waals surface area contributed by atoms with Gasteiger partial charge in [-0.3, -0.25) is 4.79 Å². The van der Waals surface area contributed by atoms with Crippen LogP contribution in [0.25, 0.3) is 10.9 Å². The van der Waals surface area contributed by atoms with Crippen molar-refractivity contribution in [1.82, 2.24) is 9.88 Å². The highest BCUT2D eigenvalue weighted by Gasteiger charge is 2.27. The molecule has 5 nitrogen and oxygen atoms in total. The van der Waals surface area contributed by atoms with E-state index in [1.165, 1.54) is 0 Å². The number of thiocarbonyl (C=S) groups is 1. The molecular formula is C15H15N3O2S. The minimum Gasteiger partial charge on any atom is -0.391 e. The van der Waals surface area contributed by atoms with E-state index in [1.54, 1.807) is 11.0 Å². The molecule has 0 radical (unpaired) electrons. The second kappa shape index (κ2) is 5.75. The molecule has 2 heterocycles. The number of hydrogen-bond acceptors (Lipinski definition) is 4. The van der Waals surface area contributed by atoms with Crippen LogP contribution in [-0.4, -0.2) is 46.6 Å². The zero-order chi connectivity index (χ0) is 14.8. The van der Waals surface area contributed by atoms with Gasteiger partial charge in [0.05, 0.1) is 18.7 Å². The molecule has 2 aromatic rings. The zero-order valence-corrected chi connectivity index (χ0v) is 12.2. The lowest BCUT2D eigenvalue weighted by Gasteiger charge is -2.32. The van der Waals surface area contributed by atoms with Crippen LogP contribution >= 0.6 is 12.2 Å². The van der Waals surface area contributed by atoms with Gasteiger partial charge in [0, 0.05) is 11.9 Å². The summed E-state index contributed by atoms with van der Waals surface area (Å²) in [7, 11) is 0. The molecule has 0 aliphatic carbocycles. The maximum absolute atomic E-state index is 12.5. The molecule has 108 valence electrons. The summed E-state index contributed by atoms with van der Waals surface area (Å²) in [5.74, 6) is -0.120. The number of morpholine rings is 1. The lowest BCUT2D eigenvalue weighted by atomic mass is 10.2. The molecule has 1 aromatic carbocycles. The first-order valence-corrected chi connectivity index (χ1v) is 7.12. The van der Waals surface area contributed by atoms with E-state index in [1.807, 2.05) is 30.3 Å².